The van der Waals surface area contributed by atoms with Crippen molar-refractivity contribution in [3.63, 3.8) is 0 Å². The van der Waals surface area contributed by atoms with Crippen molar-refractivity contribution in [1.29, 1.82) is 0 Å². The smallest absolute Gasteiger partial charge is 0.224 e. The number of rotatable bonds is 3. The van der Waals surface area contributed by atoms with E-state index in [1.165, 1.54) is 6.07 Å². The normalized spacial score (nSPS) is 15.6. The van der Waals surface area contributed by atoms with E-state index in [4.69, 9.17) is 0 Å². The second kappa shape index (κ2) is 5.34. The molecule has 0 saturated carbocycles. The number of benzene rings is 1. The molecule has 104 valence electrons. The standard InChI is InChI=1S/C15H15FN2OS/c1-17-15(13-3-2-6-20-13)10-7-9-4-5-14(19)18-12(9)8-11(10)16/h2-3,6-8,15,17H,4-5H2,1H3,(H,18,19). The van der Waals surface area contributed by atoms with Gasteiger partial charge in [0, 0.05) is 22.5 Å². The number of carbonyl (C=O) groups is 1. The average Bonchev–Trinajstić information content (AvgIpc) is 2.94. The zero-order valence-electron chi connectivity index (χ0n) is 11.1. The van der Waals surface area contributed by atoms with Crippen LogP contribution in [-0.2, 0) is 11.2 Å². The first kappa shape index (κ1) is 13.3. The van der Waals surface area contributed by atoms with Crippen LogP contribution in [0.15, 0.2) is 29.6 Å². The Bertz CT molecular complexity index is 640. The van der Waals surface area contributed by atoms with Gasteiger partial charge in [0.05, 0.1) is 6.04 Å². The predicted molar refractivity (Wildman–Crippen MR) is 78.6 cm³/mol. The van der Waals surface area contributed by atoms with E-state index in [0.717, 1.165) is 10.4 Å². The van der Waals surface area contributed by atoms with Crippen molar-refractivity contribution in [2.24, 2.45) is 0 Å². The summed E-state index contributed by atoms with van der Waals surface area (Å²) in [6, 6.07) is 7.09. The molecule has 20 heavy (non-hydrogen) atoms. The van der Waals surface area contributed by atoms with Crippen molar-refractivity contribution in [2.45, 2.75) is 18.9 Å². The van der Waals surface area contributed by atoms with Gasteiger partial charge in [-0.25, -0.2) is 4.39 Å². The van der Waals surface area contributed by atoms with Crippen molar-refractivity contribution >= 4 is 22.9 Å². The lowest BCUT2D eigenvalue weighted by Crippen LogP contribution is -2.22. The minimum absolute atomic E-state index is 0.0481. The van der Waals surface area contributed by atoms with E-state index >= 15 is 0 Å². The fourth-order valence-electron chi connectivity index (χ4n) is 2.55. The zero-order valence-corrected chi connectivity index (χ0v) is 11.9. The molecule has 5 heteroatoms. The molecular weight excluding hydrogens is 275 g/mol. The molecule has 1 aromatic heterocycles. The molecule has 0 fully saturated rings. The summed E-state index contributed by atoms with van der Waals surface area (Å²) in [5.74, 6) is -0.341. The maximum Gasteiger partial charge on any atom is 0.224 e. The fraction of sp³-hybridized carbons (Fsp3) is 0.267. The van der Waals surface area contributed by atoms with Crippen LogP contribution in [0.1, 0.15) is 28.5 Å². The van der Waals surface area contributed by atoms with Gasteiger partial charge in [-0.1, -0.05) is 6.07 Å². The van der Waals surface area contributed by atoms with Crippen LogP contribution in [0.25, 0.3) is 0 Å². The van der Waals surface area contributed by atoms with E-state index in [0.29, 0.717) is 24.1 Å². The molecule has 3 nitrogen and oxygen atoms in total. The van der Waals surface area contributed by atoms with Gasteiger partial charge in [-0.2, -0.15) is 0 Å². The summed E-state index contributed by atoms with van der Waals surface area (Å²) < 4.78 is 14.3. The number of hydrogen-bond acceptors (Lipinski definition) is 3. The third-order valence-electron chi connectivity index (χ3n) is 3.55. The molecule has 2 N–H and O–H groups in total. The minimum Gasteiger partial charge on any atom is -0.326 e. The highest BCUT2D eigenvalue weighted by molar-refractivity contribution is 7.10. The van der Waals surface area contributed by atoms with Crippen LogP contribution in [-0.4, -0.2) is 13.0 Å². The van der Waals surface area contributed by atoms with Crippen LogP contribution in [0.5, 0.6) is 0 Å². The molecule has 0 spiro atoms. The fourth-order valence-corrected chi connectivity index (χ4v) is 3.40. The van der Waals surface area contributed by atoms with E-state index < -0.39 is 0 Å². The number of fused-ring (bicyclic) bond motifs is 1. The number of aryl methyl sites for hydroxylation is 1. The van der Waals surface area contributed by atoms with Gasteiger partial charge in [0.1, 0.15) is 5.82 Å². The van der Waals surface area contributed by atoms with Crippen LogP contribution in [0.3, 0.4) is 0 Å². The van der Waals surface area contributed by atoms with Crippen molar-refractivity contribution < 1.29 is 9.18 Å². The molecule has 2 heterocycles. The van der Waals surface area contributed by atoms with Gasteiger partial charge >= 0.3 is 0 Å². The van der Waals surface area contributed by atoms with Crippen LogP contribution >= 0.6 is 11.3 Å². The van der Waals surface area contributed by atoms with Gasteiger partial charge in [0.15, 0.2) is 0 Å². The SMILES string of the molecule is CNC(c1cccs1)c1cc2c(cc1F)NC(=O)CC2. The van der Waals surface area contributed by atoms with Gasteiger partial charge in [-0.3, -0.25) is 4.79 Å². The highest BCUT2D eigenvalue weighted by atomic mass is 32.1. The number of hydrogen-bond donors (Lipinski definition) is 2. The maximum absolute atomic E-state index is 14.3. The summed E-state index contributed by atoms with van der Waals surface area (Å²) in [6.45, 7) is 0. The Kier molecular flexibility index (Phi) is 3.54. The van der Waals surface area contributed by atoms with E-state index in [2.05, 4.69) is 10.6 Å². The second-order valence-corrected chi connectivity index (χ2v) is 5.80. The number of anilines is 1. The Morgan fingerprint density at radius 1 is 1.40 bits per heavy atom. The van der Waals surface area contributed by atoms with Gasteiger partial charge < -0.3 is 10.6 Å². The number of thiophene rings is 1. The molecule has 0 radical (unpaired) electrons. The minimum atomic E-state index is -0.293. The molecule has 1 amide bonds. The largest absolute Gasteiger partial charge is 0.326 e. The summed E-state index contributed by atoms with van der Waals surface area (Å²) in [4.78, 5) is 12.4. The van der Waals surface area contributed by atoms with E-state index in [-0.39, 0.29) is 17.8 Å². The average molecular weight is 290 g/mol. The molecular formula is C15H15FN2OS. The van der Waals surface area contributed by atoms with Crippen molar-refractivity contribution in [2.75, 3.05) is 12.4 Å². The monoisotopic (exact) mass is 290 g/mol. The van der Waals surface area contributed by atoms with E-state index in [9.17, 15) is 9.18 Å². The van der Waals surface area contributed by atoms with Gasteiger partial charge in [0.2, 0.25) is 5.91 Å². The Morgan fingerprint density at radius 3 is 2.95 bits per heavy atom. The Labute approximate surface area is 120 Å². The summed E-state index contributed by atoms with van der Waals surface area (Å²) >= 11 is 1.60. The Hall–Kier alpha value is -1.72. The Balaban J connectivity index is 2.03. The van der Waals surface area contributed by atoms with E-state index in [1.54, 1.807) is 11.3 Å². The zero-order chi connectivity index (χ0) is 14.1. The van der Waals surface area contributed by atoms with Crippen LogP contribution in [0.2, 0.25) is 0 Å². The number of nitrogens with one attached hydrogen (secondary N) is 2. The van der Waals surface area contributed by atoms with Gasteiger partial charge in [0.25, 0.3) is 0 Å². The number of halogens is 1. The highest BCUT2D eigenvalue weighted by Crippen LogP contribution is 2.32. The quantitative estimate of drug-likeness (QED) is 0.912. The third kappa shape index (κ3) is 2.34. The highest BCUT2D eigenvalue weighted by Gasteiger charge is 2.22. The predicted octanol–water partition coefficient (Wildman–Crippen LogP) is 3.08. The summed E-state index contributed by atoms with van der Waals surface area (Å²) in [5.41, 5.74) is 2.23. The molecule has 0 aliphatic carbocycles. The number of amides is 1. The lowest BCUT2D eigenvalue weighted by molar-refractivity contribution is -0.116. The first-order chi connectivity index (χ1) is 9.69. The topological polar surface area (TPSA) is 41.1 Å². The first-order valence-corrected chi connectivity index (χ1v) is 7.40. The van der Waals surface area contributed by atoms with Crippen LogP contribution < -0.4 is 10.6 Å². The molecule has 1 aromatic carbocycles. The van der Waals surface area contributed by atoms with Gasteiger partial charge in [-0.15, -0.1) is 11.3 Å². The lowest BCUT2D eigenvalue weighted by atomic mass is 9.96. The maximum atomic E-state index is 14.3. The molecule has 2 aromatic rings. The molecule has 3 rings (SSSR count). The molecule has 1 unspecified atom stereocenters. The molecule has 1 aliphatic heterocycles. The summed E-state index contributed by atoms with van der Waals surface area (Å²) in [6.07, 6.45) is 1.12. The molecule has 1 aliphatic rings. The molecule has 0 bridgehead atoms. The van der Waals surface area contributed by atoms with Crippen molar-refractivity contribution in [3.8, 4) is 0 Å². The third-order valence-corrected chi connectivity index (χ3v) is 4.48. The van der Waals surface area contributed by atoms with Crippen molar-refractivity contribution in [3.05, 3.63) is 51.5 Å². The van der Waals surface area contributed by atoms with Crippen LogP contribution in [0, 0.1) is 5.82 Å². The van der Waals surface area contributed by atoms with E-state index in [1.807, 2.05) is 30.6 Å². The Morgan fingerprint density at radius 2 is 2.25 bits per heavy atom. The molecule has 0 saturated heterocycles. The van der Waals surface area contributed by atoms with Crippen LogP contribution in [0.4, 0.5) is 10.1 Å². The van der Waals surface area contributed by atoms with Crippen molar-refractivity contribution in [1.82, 2.24) is 5.32 Å². The summed E-state index contributed by atoms with van der Waals surface area (Å²) in [7, 11) is 1.82. The number of carbonyl (C=O) groups excluding carboxylic acids is 1. The van der Waals surface area contributed by atoms with Gasteiger partial charge in [-0.05, 0) is 42.6 Å². The molecule has 1 atom stereocenters. The lowest BCUT2D eigenvalue weighted by Gasteiger charge is -2.22. The summed E-state index contributed by atoms with van der Waals surface area (Å²) in [5, 5.41) is 7.87. The second-order valence-electron chi connectivity index (χ2n) is 4.82. The first-order valence-electron chi connectivity index (χ1n) is 6.52.